The quantitative estimate of drug-likeness (QED) is 0.105. The number of esters is 2. The summed E-state index contributed by atoms with van der Waals surface area (Å²) in [5.74, 6) is -0.557. The molecule has 1 atom stereocenters. The molecule has 5 nitrogen and oxygen atoms in total. The van der Waals surface area contributed by atoms with Crippen LogP contribution in [-0.4, -0.2) is 25.2 Å². The molecular formula is C36H47F3O5. The van der Waals surface area contributed by atoms with E-state index in [0.29, 0.717) is 43.1 Å². The zero-order valence-corrected chi connectivity index (χ0v) is 26.8. The molecule has 1 aliphatic carbocycles. The third-order valence-electron chi connectivity index (χ3n) is 8.18. The summed E-state index contributed by atoms with van der Waals surface area (Å²) in [4.78, 5) is 24.3. The molecule has 1 aliphatic heterocycles. The summed E-state index contributed by atoms with van der Waals surface area (Å²) in [6.07, 6.45) is 8.95. The minimum Gasteiger partial charge on any atom is -0.494 e. The van der Waals surface area contributed by atoms with Gasteiger partial charge in [0.2, 0.25) is 0 Å². The minimum atomic E-state index is -4.59. The molecule has 1 aromatic carbocycles. The molecule has 1 aromatic rings. The molecule has 0 saturated heterocycles. The van der Waals surface area contributed by atoms with Crippen molar-refractivity contribution in [2.75, 3.05) is 13.2 Å². The topological polar surface area (TPSA) is 61.8 Å². The summed E-state index contributed by atoms with van der Waals surface area (Å²) >= 11 is 0. The van der Waals surface area contributed by atoms with Crippen LogP contribution in [0.15, 0.2) is 60.6 Å². The average Bonchev–Trinajstić information content (AvgIpc) is 2.94. The Hall–Kier alpha value is -3.29. The minimum absolute atomic E-state index is 0.00803. The van der Waals surface area contributed by atoms with Crippen LogP contribution in [0.3, 0.4) is 0 Å². The maximum atomic E-state index is 14.0. The van der Waals surface area contributed by atoms with Gasteiger partial charge in [-0.15, -0.1) is 0 Å². The van der Waals surface area contributed by atoms with Crippen LogP contribution in [0.4, 0.5) is 13.2 Å². The van der Waals surface area contributed by atoms with E-state index in [9.17, 15) is 22.8 Å². The number of carbonyl (C=O) groups excluding carboxylic acids is 2. The Morgan fingerprint density at radius 2 is 1.80 bits per heavy atom. The van der Waals surface area contributed by atoms with Gasteiger partial charge in [-0.2, -0.15) is 13.2 Å². The zero-order valence-electron chi connectivity index (χ0n) is 26.8. The van der Waals surface area contributed by atoms with Gasteiger partial charge in [0.1, 0.15) is 11.5 Å². The highest BCUT2D eigenvalue weighted by Crippen LogP contribution is 2.41. The second kappa shape index (κ2) is 15.1. The summed E-state index contributed by atoms with van der Waals surface area (Å²) in [7, 11) is 0. The molecule has 44 heavy (non-hydrogen) atoms. The number of benzene rings is 1. The van der Waals surface area contributed by atoms with Crippen molar-refractivity contribution in [2.24, 2.45) is 16.7 Å². The predicted octanol–water partition coefficient (Wildman–Crippen LogP) is 9.52. The van der Waals surface area contributed by atoms with E-state index in [-0.39, 0.29) is 27.9 Å². The van der Waals surface area contributed by atoms with Crippen LogP contribution in [0.25, 0.3) is 5.57 Å². The molecule has 8 heteroatoms. The smallest absolute Gasteiger partial charge is 0.417 e. The van der Waals surface area contributed by atoms with Gasteiger partial charge in [0, 0.05) is 23.6 Å². The van der Waals surface area contributed by atoms with Gasteiger partial charge in [-0.05, 0) is 73.5 Å². The summed E-state index contributed by atoms with van der Waals surface area (Å²) in [5, 5.41) is 0. The monoisotopic (exact) mass is 616 g/mol. The predicted molar refractivity (Wildman–Crippen MR) is 166 cm³/mol. The number of allylic oxidation sites excluding steroid dienone is 3. The Kier molecular flexibility index (Phi) is 12.1. The van der Waals surface area contributed by atoms with E-state index >= 15 is 0 Å². The maximum Gasteiger partial charge on any atom is 0.417 e. The Morgan fingerprint density at radius 3 is 2.48 bits per heavy atom. The van der Waals surface area contributed by atoms with Gasteiger partial charge in [-0.1, -0.05) is 72.2 Å². The van der Waals surface area contributed by atoms with Crippen molar-refractivity contribution in [3.05, 3.63) is 77.3 Å². The summed E-state index contributed by atoms with van der Waals surface area (Å²) < 4.78 is 58.8. The lowest BCUT2D eigenvalue weighted by Gasteiger charge is -2.35. The molecule has 0 amide bonds. The van der Waals surface area contributed by atoms with Crippen LogP contribution >= 0.6 is 0 Å². The molecule has 0 N–H and O–H groups in total. The number of fused-ring (bicyclic) bond motifs is 1. The first-order valence-electron chi connectivity index (χ1n) is 15.6. The summed E-state index contributed by atoms with van der Waals surface area (Å²) in [6.45, 7) is 15.1. The number of hydrogen-bond donors (Lipinski definition) is 0. The molecule has 0 aromatic heterocycles. The first-order valence-corrected chi connectivity index (χ1v) is 15.6. The van der Waals surface area contributed by atoms with Gasteiger partial charge >= 0.3 is 18.1 Å². The van der Waals surface area contributed by atoms with Crippen molar-refractivity contribution in [3.63, 3.8) is 0 Å². The van der Waals surface area contributed by atoms with Crippen molar-refractivity contribution in [2.45, 2.75) is 98.6 Å². The van der Waals surface area contributed by atoms with E-state index in [1.807, 2.05) is 13.0 Å². The molecule has 2 aliphatic rings. The van der Waals surface area contributed by atoms with Crippen LogP contribution < -0.4 is 0 Å². The highest BCUT2D eigenvalue weighted by atomic mass is 19.4. The average molecular weight is 617 g/mol. The van der Waals surface area contributed by atoms with E-state index in [0.717, 1.165) is 44.9 Å². The SMILES string of the molecule is C=CC(=O)OCCC(C)(C)CC(C)(C)CCCOC1=CCC2C=C(c3ccc(CCCCC)cc3C(F)(F)F)C(=O)OC2=C1. The standard InChI is InChI=1S/C36H47F3O5/c1-7-9-10-12-25-13-16-28(30(21-25)36(37,38)39)29-22-26-14-15-27(23-31(26)44-33(29)41)42-19-11-17-34(3,4)24-35(5,6)18-20-43-32(40)8-2/h8,13,15-16,21-23,26H,2,7,9-12,14,17-20,24H2,1,3-6H3. The van der Waals surface area contributed by atoms with Crippen molar-refractivity contribution < 1.29 is 37.0 Å². The number of unbranched alkanes of at least 4 members (excludes halogenated alkanes) is 2. The highest BCUT2D eigenvalue weighted by Gasteiger charge is 2.38. The molecule has 0 spiro atoms. The maximum absolute atomic E-state index is 14.0. The molecule has 1 heterocycles. The van der Waals surface area contributed by atoms with Gasteiger partial charge < -0.3 is 14.2 Å². The largest absolute Gasteiger partial charge is 0.494 e. The fraction of sp³-hybridized carbons (Fsp3) is 0.556. The fourth-order valence-corrected chi connectivity index (χ4v) is 6.15. The fourth-order valence-electron chi connectivity index (χ4n) is 6.15. The number of halogens is 3. The first-order chi connectivity index (χ1) is 20.6. The van der Waals surface area contributed by atoms with Gasteiger partial charge in [-0.3, -0.25) is 0 Å². The van der Waals surface area contributed by atoms with Crippen molar-refractivity contribution in [1.82, 2.24) is 0 Å². The van der Waals surface area contributed by atoms with E-state index in [4.69, 9.17) is 14.2 Å². The number of alkyl halides is 3. The van der Waals surface area contributed by atoms with Gasteiger partial charge in [-0.25, -0.2) is 9.59 Å². The lowest BCUT2D eigenvalue weighted by Crippen LogP contribution is -2.25. The van der Waals surface area contributed by atoms with E-state index < -0.39 is 23.7 Å². The van der Waals surface area contributed by atoms with Crippen LogP contribution in [0, 0.1) is 16.7 Å². The summed E-state index contributed by atoms with van der Waals surface area (Å²) in [5.41, 5.74) is -0.355. The number of aryl methyl sites for hydroxylation is 1. The Labute approximate surface area is 260 Å². The van der Waals surface area contributed by atoms with E-state index in [1.165, 1.54) is 18.2 Å². The Morgan fingerprint density at radius 1 is 1.07 bits per heavy atom. The normalized spacial score (nSPS) is 17.1. The molecule has 0 fully saturated rings. The Balaban J connectivity index is 1.58. The molecule has 242 valence electrons. The molecule has 1 unspecified atom stereocenters. The first kappa shape index (κ1) is 35.2. The number of ether oxygens (including phenoxy) is 3. The van der Waals surface area contributed by atoms with Crippen LogP contribution in [0.2, 0.25) is 0 Å². The summed E-state index contributed by atoms with van der Waals surface area (Å²) in [6, 6.07) is 4.25. The zero-order chi connectivity index (χ0) is 32.5. The van der Waals surface area contributed by atoms with Gasteiger partial charge in [0.05, 0.1) is 24.4 Å². The second-order valence-electron chi connectivity index (χ2n) is 13.4. The van der Waals surface area contributed by atoms with E-state index in [2.05, 4.69) is 34.3 Å². The van der Waals surface area contributed by atoms with Gasteiger partial charge in [0.15, 0.2) is 0 Å². The molecule has 0 saturated carbocycles. The third kappa shape index (κ3) is 10.4. The van der Waals surface area contributed by atoms with Crippen LogP contribution in [0.1, 0.15) is 103 Å². The van der Waals surface area contributed by atoms with Crippen molar-refractivity contribution in [1.29, 1.82) is 0 Å². The van der Waals surface area contributed by atoms with Crippen molar-refractivity contribution in [3.8, 4) is 0 Å². The lowest BCUT2D eigenvalue weighted by atomic mass is 9.71. The van der Waals surface area contributed by atoms with Crippen LogP contribution in [-0.2, 0) is 36.4 Å². The third-order valence-corrected chi connectivity index (χ3v) is 8.18. The van der Waals surface area contributed by atoms with Crippen molar-refractivity contribution >= 4 is 17.5 Å². The number of carbonyl (C=O) groups is 2. The molecular weight excluding hydrogens is 569 g/mol. The number of hydrogen-bond acceptors (Lipinski definition) is 5. The van der Waals surface area contributed by atoms with Crippen LogP contribution in [0.5, 0.6) is 0 Å². The lowest BCUT2D eigenvalue weighted by molar-refractivity contribution is -0.139. The number of rotatable bonds is 16. The molecule has 3 rings (SSSR count). The second-order valence-corrected chi connectivity index (χ2v) is 13.4. The highest BCUT2D eigenvalue weighted by molar-refractivity contribution is 6.18. The molecule has 0 bridgehead atoms. The van der Waals surface area contributed by atoms with Gasteiger partial charge in [0.25, 0.3) is 0 Å². The molecule has 0 radical (unpaired) electrons. The Bertz CT molecular complexity index is 1280. The van der Waals surface area contributed by atoms with E-state index in [1.54, 1.807) is 18.2 Å².